The maximum absolute atomic E-state index is 13.2. The first-order valence-electron chi connectivity index (χ1n) is 8.49. The number of nitrogens with zero attached hydrogens (tertiary/aromatic N) is 1. The number of Topliss-reactive ketones (excluding diaryl/α,β-unsaturated/α-hetero) is 1. The van der Waals surface area contributed by atoms with Crippen LogP contribution in [0.1, 0.15) is 39.9 Å². The first-order chi connectivity index (χ1) is 12.2. The Bertz CT molecular complexity index is 862. The van der Waals surface area contributed by atoms with Crippen molar-refractivity contribution >= 4 is 5.78 Å². The van der Waals surface area contributed by atoms with Gasteiger partial charge in [-0.3, -0.25) is 9.78 Å². The molecule has 0 bridgehead atoms. The van der Waals surface area contributed by atoms with Crippen molar-refractivity contribution in [2.45, 2.75) is 18.3 Å². The minimum atomic E-state index is -0.323. The van der Waals surface area contributed by atoms with Gasteiger partial charge in [0.15, 0.2) is 5.78 Å². The van der Waals surface area contributed by atoms with Crippen LogP contribution in [0.4, 0.5) is 4.39 Å². The van der Waals surface area contributed by atoms with E-state index in [0.717, 1.165) is 17.7 Å². The third-order valence-corrected chi connectivity index (χ3v) is 5.09. The van der Waals surface area contributed by atoms with E-state index >= 15 is 0 Å². The molecule has 1 aliphatic carbocycles. The highest BCUT2D eigenvalue weighted by atomic mass is 19.1. The van der Waals surface area contributed by atoms with Gasteiger partial charge in [0.1, 0.15) is 5.82 Å². The molecule has 1 saturated carbocycles. The average molecular weight is 331 g/mol. The maximum atomic E-state index is 13.2. The molecule has 1 aliphatic rings. The summed E-state index contributed by atoms with van der Waals surface area (Å²) in [4.78, 5) is 17.4. The van der Waals surface area contributed by atoms with Gasteiger partial charge < -0.3 is 0 Å². The van der Waals surface area contributed by atoms with Gasteiger partial charge in [-0.25, -0.2) is 4.39 Å². The topological polar surface area (TPSA) is 30.0 Å². The smallest absolute Gasteiger partial charge is 0.166 e. The van der Waals surface area contributed by atoms with Crippen molar-refractivity contribution in [3.8, 4) is 0 Å². The molecule has 0 spiro atoms. The fourth-order valence-electron chi connectivity index (χ4n) is 3.79. The molecule has 124 valence electrons. The molecule has 0 aliphatic heterocycles. The number of aromatic nitrogens is 1. The molecule has 0 saturated heterocycles. The monoisotopic (exact) mass is 331 g/mol. The number of ketones is 1. The van der Waals surface area contributed by atoms with Crippen LogP contribution in [0.3, 0.4) is 0 Å². The van der Waals surface area contributed by atoms with Gasteiger partial charge in [-0.15, -0.1) is 0 Å². The van der Waals surface area contributed by atoms with E-state index in [1.54, 1.807) is 18.3 Å². The summed E-state index contributed by atoms with van der Waals surface area (Å²) in [6.45, 7) is 0. The van der Waals surface area contributed by atoms with E-state index in [1.165, 1.54) is 12.1 Å². The molecule has 0 N–H and O–H groups in total. The number of halogens is 1. The zero-order valence-corrected chi connectivity index (χ0v) is 13.7. The lowest BCUT2D eigenvalue weighted by Crippen LogP contribution is -2.38. The van der Waals surface area contributed by atoms with E-state index in [1.807, 2.05) is 36.4 Å². The Morgan fingerprint density at radius 1 is 0.920 bits per heavy atom. The summed E-state index contributed by atoms with van der Waals surface area (Å²) in [5.41, 5.74) is 2.76. The van der Waals surface area contributed by atoms with Gasteiger partial charge >= 0.3 is 0 Å². The largest absolute Gasteiger partial charge is 0.294 e. The van der Waals surface area contributed by atoms with Gasteiger partial charge in [0, 0.05) is 35.2 Å². The molecular weight excluding hydrogens is 313 g/mol. The molecular formula is C22H18FNO. The third kappa shape index (κ3) is 2.98. The van der Waals surface area contributed by atoms with E-state index in [2.05, 4.69) is 17.1 Å². The Kier molecular flexibility index (Phi) is 4.14. The van der Waals surface area contributed by atoms with Crippen LogP contribution in [0.5, 0.6) is 0 Å². The van der Waals surface area contributed by atoms with E-state index in [4.69, 9.17) is 0 Å². The van der Waals surface area contributed by atoms with E-state index in [-0.39, 0.29) is 29.4 Å². The summed E-state index contributed by atoms with van der Waals surface area (Å²) in [7, 11) is 0. The lowest BCUT2D eigenvalue weighted by atomic mass is 9.58. The molecule has 25 heavy (non-hydrogen) atoms. The average Bonchev–Trinajstić information content (AvgIpc) is 2.63. The second-order valence-corrected chi connectivity index (χ2v) is 6.51. The van der Waals surface area contributed by atoms with Crippen molar-refractivity contribution in [2.24, 2.45) is 5.92 Å². The van der Waals surface area contributed by atoms with Crippen LogP contribution in [0.15, 0.2) is 79.0 Å². The molecule has 0 radical (unpaired) electrons. The van der Waals surface area contributed by atoms with Gasteiger partial charge in [-0.1, -0.05) is 36.4 Å². The Hall–Kier alpha value is -2.81. The molecule has 2 nitrogen and oxygen atoms in total. The van der Waals surface area contributed by atoms with Gasteiger partial charge in [0.2, 0.25) is 0 Å². The fourth-order valence-corrected chi connectivity index (χ4v) is 3.79. The van der Waals surface area contributed by atoms with Gasteiger partial charge in [0.05, 0.1) is 0 Å². The highest BCUT2D eigenvalue weighted by Crippen LogP contribution is 2.53. The lowest BCUT2D eigenvalue weighted by molar-refractivity contribution is 0.0778. The van der Waals surface area contributed by atoms with Crippen molar-refractivity contribution < 1.29 is 9.18 Å². The number of carbonyl (C=O) groups is 1. The van der Waals surface area contributed by atoms with E-state index < -0.39 is 0 Å². The van der Waals surface area contributed by atoms with Crippen LogP contribution in [0.25, 0.3) is 0 Å². The Labute approximate surface area is 146 Å². The van der Waals surface area contributed by atoms with Crippen LogP contribution in [-0.4, -0.2) is 10.8 Å². The first-order valence-corrected chi connectivity index (χ1v) is 8.49. The summed E-state index contributed by atoms with van der Waals surface area (Å²) in [6.07, 6.45) is 2.57. The quantitative estimate of drug-likeness (QED) is 0.630. The minimum Gasteiger partial charge on any atom is -0.294 e. The molecule has 0 amide bonds. The number of pyridine rings is 1. The number of benzene rings is 2. The number of hydrogen-bond donors (Lipinski definition) is 0. The van der Waals surface area contributed by atoms with Crippen LogP contribution in [0, 0.1) is 11.7 Å². The predicted octanol–water partition coefficient (Wildman–Crippen LogP) is 4.99. The molecule has 3 atom stereocenters. The van der Waals surface area contributed by atoms with Crippen molar-refractivity contribution in [3.05, 3.63) is 102 Å². The minimum absolute atomic E-state index is 0.0843. The molecule has 1 heterocycles. The van der Waals surface area contributed by atoms with E-state index in [0.29, 0.717) is 5.56 Å². The first kappa shape index (κ1) is 15.7. The molecule has 0 unspecified atom stereocenters. The highest BCUT2D eigenvalue weighted by molar-refractivity contribution is 5.99. The zero-order chi connectivity index (χ0) is 17.2. The van der Waals surface area contributed by atoms with E-state index in [9.17, 15) is 9.18 Å². The molecule has 1 fully saturated rings. The SMILES string of the molecule is O=C(c1ccc(F)cc1)[C@@H]1C[C@@H](c2ccccn2)[C@H]1c1ccccc1. The predicted molar refractivity (Wildman–Crippen MR) is 95.0 cm³/mol. The number of hydrogen-bond acceptors (Lipinski definition) is 2. The van der Waals surface area contributed by atoms with Crippen molar-refractivity contribution in [1.29, 1.82) is 0 Å². The normalized spacial score (nSPS) is 22.2. The third-order valence-electron chi connectivity index (χ3n) is 5.09. The molecule has 2 aromatic carbocycles. The second kappa shape index (κ2) is 6.60. The van der Waals surface area contributed by atoms with Crippen LogP contribution < -0.4 is 0 Å². The summed E-state index contributed by atoms with van der Waals surface area (Å²) >= 11 is 0. The summed E-state index contributed by atoms with van der Waals surface area (Å²) in [5, 5.41) is 0. The van der Waals surface area contributed by atoms with Crippen LogP contribution in [-0.2, 0) is 0 Å². The van der Waals surface area contributed by atoms with Crippen LogP contribution >= 0.6 is 0 Å². The second-order valence-electron chi connectivity index (χ2n) is 6.51. The van der Waals surface area contributed by atoms with Crippen molar-refractivity contribution in [1.82, 2.24) is 4.98 Å². The highest BCUT2D eigenvalue weighted by Gasteiger charge is 2.47. The molecule has 3 aromatic rings. The van der Waals surface area contributed by atoms with Gasteiger partial charge in [-0.2, -0.15) is 0 Å². The molecule has 4 rings (SSSR count). The Morgan fingerprint density at radius 2 is 1.64 bits per heavy atom. The Morgan fingerprint density at radius 3 is 2.32 bits per heavy atom. The van der Waals surface area contributed by atoms with Crippen molar-refractivity contribution in [3.63, 3.8) is 0 Å². The fraction of sp³-hybridized carbons (Fsp3) is 0.182. The number of rotatable bonds is 4. The maximum Gasteiger partial charge on any atom is 0.166 e. The zero-order valence-electron chi connectivity index (χ0n) is 13.7. The van der Waals surface area contributed by atoms with Gasteiger partial charge in [0.25, 0.3) is 0 Å². The summed E-state index contributed by atoms with van der Waals surface area (Å²) in [5.74, 6) is 0.00341. The number of carbonyl (C=O) groups excluding carboxylic acids is 1. The van der Waals surface area contributed by atoms with Gasteiger partial charge in [-0.05, 0) is 48.4 Å². The van der Waals surface area contributed by atoms with Crippen molar-refractivity contribution in [2.75, 3.05) is 0 Å². The Balaban J connectivity index is 1.66. The standard InChI is InChI=1S/C22H18FNO/c23-17-11-9-16(10-12-17)22(25)19-14-18(20-8-4-5-13-24-20)21(19)15-6-2-1-3-7-15/h1-13,18-19,21H,14H2/t18-,19+,21+/m0/s1. The molecule has 3 heteroatoms. The summed E-state index contributed by atoms with van der Waals surface area (Å²) in [6, 6.07) is 21.9. The lowest BCUT2D eigenvalue weighted by Gasteiger charge is -2.44. The van der Waals surface area contributed by atoms with Crippen LogP contribution in [0.2, 0.25) is 0 Å². The molecule has 1 aromatic heterocycles. The summed E-state index contributed by atoms with van der Waals surface area (Å²) < 4.78 is 13.2.